The number of amides is 2. The van der Waals surface area contributed by atoms with Crippen LogP contribution in [0, 0.1) is 0 Å². The van der Waals surface area contributed by atoms with Crippen molar-refractivity contribution in [1.29, 1.82) is 0 Å². The summed E-state index contributed by atoms with van der Waals surface area (Å²) in [6.45, 7) is 5.39. The average molecular weight is 595 g/mol. The lowest BCUT2D eigenvalue weighted by Gasteiger charge is -2.49. The van der Waals surface area contributed by atoms with Crippen LogP contribution in [0.1, 0.15) is 18.1 Å². The minimum absolute atomic E-state index is 0.00370. The van der Waals surface area contributed by atoms with Crippen LogP contribution in [0.15, 0.2) is 102 Å². The molecule has 1 N–H and O–H groups in total. The highest BCUT2D eigenvalue weighted by atomic mass is 33.1. The molecule has 4 rings (SSSR count). The number of hydrogen-bond acceptors (Lipinski definition) is 8. The van der Waals surface area contributed by atoms with Gasteiger partial charge in [0, 0.05) is 10.8 Å². The van der Waals surface area contributed by atoms with Crippen molar-refractivity contribution in [1.82, 2.24) is 10.2 Å². The molecule has 0 spiro atoms. The minimum Gasteiger partial charge on any atom is -0.497 e. The predicted molar refractivity (Wildman–Crippen MR) is 155 cm³/mol. The van der Waals surface area contributed by atoms with Gasteiger partial charge in [-0.2, -0.15) is 0 Å². The maximum atomic E-state index is 13.4. The summed E-state index contributed by atoms with van der Waals surface area (Å²) < 4.78 is 37.4. The summed E-state index contributed by atoms with van der Waals surface area (Å²) >= 11 is 0. The standard InChI is InChI=1S/C30H30N2O7S2/c1-20(2)27(30(35)39-19-22-12-8-5-9-13-22)32-28(34)26(31-25(33)18-21-10-6-4-7-11-21)29(32)40-41(36,37)24-16-14-23(38-3)15-17-24/h4-17,26-27,29H,1,18-19H2,2-3H3,(H,31,33). The van der Waals surface area contributed by atoms with Crippen molar-refractivity contribution in [3.8, 4) is 5.75 Å². The third-order valence-electron chi connectivity index (χ3n) is 6.37. The normalized spacial score (nSPS) is 17.2. The summed E-state index contributed by atoms with van der Waals surface area (Å²) in [6.07, 6.45) is -0.00370. The van der Waals surface area contributed by atoms with Crippen LogP contribution in [0.25, 0.3) is 0 Å². The molecule has 11 heteroatoms. The molecule has 1 aliphatic heterocycles. The molecule has 0 radical (unpaired) electrons. The minimum atomic E-state index is -4.04. The van der Waals surface area contributed by atoms with E-state index >= 15 is 0 Å². The van der Waals surface area contributed by atoms with Gasteiger partial charge in [0.05, 0.1) is 18.4 Å². The van der Waals surface area contributed by atoms with Gasteiger partial charge >= 0.3 is 5.97 Å². The molecule has 1 aliphatic rings. The van der Waals surface area contributed by atoms with E-state index in [-0.39, 0.29) is 23.5 Å². The number of benzene rings is 3. The highest BCUT2D eigenvalue weighted by molar-refractivity contribution is 8.72. The van der Waals surface area contributed by atoms with Gasteiger partial charge in [-0.3, -0.25) is 9.59 Å². The lowest BCUT2D eigenvalue weighted by molar-refractivity contribution is -0.163. The number of methoxy groups -OCH3 is 1. The molecular formula is C30H30N2O7S2. The first-order valence-corrected chi connectivity index (χ1v) is 15.6. The van der Waals surface area contributed by atoms with Crippen molar-refractivity contribution < 1.29 is 32.3 Å². The molecule has 3 unspecified atom stereocenters. The van der Waals surface area contributed by atoms with Gasteiger partial charge < -0.3 is 19.7 Å². The van der Waals surface area contributed by atoms with Gasteiger partial charge in [-0.05, 0) is 47.9 Å². The van der Waals surface area contributed by atoms with E-state index in [0.29, 0.717) is 16.5 Å². The number of ether oxygens (including phenoxy) is 2. The third-order valence-corrected chi connectivity index (χ3v) is 10.1. The van der Waals surface area contributed by atoms with Crippen molar-refractivity contribution in [2.75, 3.05) is 7.11 Å². The van der Waals surface area contributed by atoms with Crippen LogP contribution >= 0.6 is 10.8 Å². The van der Waals surface area contributed by atoms with Gasteiger partial charge in [-0.25, -0.2) is 13.2 Å². The van der Waals surface area contributed by atoms with Gasteiger partial charge in [0.2, 0.25) is 20.7 Å². The first-order valence-electron chi connectivity index (χ1n) is 12.7. The second-order valence-corrected chi connectivity index (χ2v) is 13.4. The molecule has 0 bridgehead atoms. The fraction of sp³-hybridized carbons (Fsp3) is 0.233. The quantitative estimate of drug-likeness (QED) is 0.146. The lowest BCUT2D eigenvalue weighted by Crippen LogP contribution is -2.73. The van der Waals surface area contributed by atoms with Crippen LogP contribution in [0.5, 0.6) is 5.75 Å². The van der Waals surface area contributed by atoms with Gasteiger partial charge in [-0.1, -0.05) is 67.2 Å². The van der Waals surface area contributed by atoms with E-state index < -0.39 is 44.1 Å². The molecule has 3 aromatic carbocycles. The van der Waals surface area contributed by atoms with Crippen molar-refractivity contribution in [3.05, 3.63) is 108 Å². The number of rotatable bonds is 12. The number of carbonyl (C=O) groups is 3. The summed E-state index contributed by atoms with van der Waals surface area (Å²) in [5.41, 5.74) is 1.77. The highest BCUT2D eigenvalue weighted by Gasteiger charge is 2.55. The van der Waals surface area contributed by atoms with Gasteiger partial charge in [0.15, 0.2) is 6.04 Å². The summed E-state index contributed by atoms with van der Waals surface area (Å²) in [6, 6.07) is 21.3. The topological polar surface area (TPSA) is 119 Å². The summed E-state index contributed by atoms with van der Waals surface area (Å²) in [5.74, 6) is -1.35. The monoisotopic (exact) mass is 594 g/mol. The first kappa shape index (κ1) is 29.9. The smallest absolute Gasteiger partial charge is 0.333 e. The van der Waals surface area contributed by atoms with Crippen LogP contribution in [-0.2, 0) is 41.0 Å². The Morgan fingerprint density at radius 2 is 1.56 bits per heavy atom. The molecule has 214 valence electrons. The maximum absolute atomic E-state index is 13.4. The van der Waals surface area contributed by atoms with Gasteiger partial charge in [-0.15, -0.1) is 0 Å². The Hall–Kier alpha value is -4.09. The molecular weight excluding hydrogens is 564 g/mol. The molecule has 3 atom stereocenters. The number of carbonyl (C=O) groups excluding carboxylic acids is 3. The fourth-order valence-electron chi connectivity index (χ4n) is 4.29. The molecule has 2 amide bonds. The second kappa shape index (κ2) is 13.0. The number of nitrogens with zero attached hydrogens (tertiary/aromatic N) is 1. The number of nitrogens with one attached hydrogen (secondary N) is 1. The fourth-order valence-corrected chi connectivity index (χ4v) is 7.80. The van der Waals surface area contributed by atoms with Crippen molar-refractivity contribution in [3.63, 3.8) is 0 Å². The zero-order chi connectivity index (χ0) is 29.6. The van der Waals surface area contributed by atoms with Crippen LogP contribution in [0.2, 0.25) is 0 Å². The van der Waals surface area contributed by atoms with E-state index in [2.05, 4.69) is 11.9 Å². The largest absolute Gasteiger partial charge is 0.497 e. The zero-order valence-corrected chi connectivity index (χ0v) is 24.2. The Kier molecular flexibility index (Phi) is 9.51. The molecule has 1 fully saturated rings. The molecule has 0 aliphatic carbocycles. The molecule has 9 nitrogen and oxygen atoms in total. The van der Waals surface area contributed by atoms with E-state index in [0.717, 1.165) is 16.0 Å². The molecule has 0 aromatic heterocycles. The summed E-state index contributed by atoms with van der Waals surface area (Å²) in [7, 11) is -2.10. The Labute approximate surface area is 242 Å². The molecule has 1 saturated heterocycles. The average Bonchev–Trinajstić information content (AvgIpc) is 2.97. The zero-order valence-electron chi connectivity index (χ0n) is 22.6. The lowest BCUT2D eigenvalue weighted by atomic mass is 9.99. The van der Waals surface area contributed by atoms with Gasteiger partial charge in [0.25, 0.3) is 0 Å². The Balaban J connectivity index is 1.58. The Morgan fingerprint density at radius 3 is 2.12 bits per heavy atom. The SMILES string of the molecule is C=C(C)C(C(=O)OCc1ccccc1)N1C(=O)C(NC(=O)Cc2ccccc2)C1SS(=O)(=O)c1ccc(OC)cc1. The van der Waals surface area contributed by atoms with Crippen molar-refractivity contribution in [2.24, 2.45) is 0 Å². The number of hydrogen-bond donors (Lipinski definition) is 1. The second-order valence-electron chi connectivity index (χ2n) is 9.41. The molecule has 1 heterocycles. The summed E-state index contributed by atoms with van der Waals surface area (Å²) in [5, 5.41) is 1.54. The highest BCUT2D eigenvalue weighted by Crippen LogP contribution is 2.40. The third kappa shape index (κ3) is 7.17. The van der Waals surface area contributed by atoms with Gasteiger partial charge in [0.1, 0.15) is 23.8 Å². The number of esters is 1. The van der Waals surface area contributed by atoms with Crippen LogP contribution in [-0.4, -0.2) is 55.7 Å². The van der Waals surface area contributed by atoms with Crippen molar-refractivity contribution >= 4 is 37.4 Å². The van der Waals surface area contributed by atoms with Crippen LogP contribution < -0.4 is 10.1 Å². The van der Waals surface area contributed by atoms with E-state index in [1.165, 1.54) is 31.4 Å². The first-order chi connectivity index (χ1) is 19.6. The van der Waals surface area contributed by atoms with Crippen molar-refractivity contribution in [2.45, 2.75) is 42.3 Å². The molecule has 41 heavy (non-hydrogen) atoms. The predicted octanol–water partition coefficient (Wildman–Crippen LogP) is 3.70. The van der Waals surface area contributed by atoms with E-state index in [1.54, 1.807) is 55.5 Å². The van der Waals surface area contributed by atoms with E-state index in [4.69, 9.17) is 9.47 Å². The van der Waals surface area contributed by atoms with Crippen LogP contribution in [0.3, 0.4) is 0 Å². The van der Waals surface area contributed by atoms with Crippen LogP contribution in [0.4, 0.5) is 0 Å². The molecule has 0 saturated carbocycles. The van der Waals surface area contributed by atoms with E-state index in [9.17, 15) is 22.8 Å². The summed E-state index contributed by atoms with van der Waals surface area (Å²) in [4.78, 5) is 40.6. The molecule has 3 aromatic rings. The Morgan fingerprint density at radius 1 is 0.976 bits per heavy atom. The number of β-lactam (4-membered cyclic amide) rings is 1. The number of likely N-dealkylation sites (tertiary alicyclic amines) is 1. The maximum Gasteiger partial charge on any atom is 0.333 e. The van der Waals surface area contributed by atoms with E-state index in [1.807, 2.05) is 12.1 Å². The Bertz CT molecular complexity index is 1510.